The van der Waals surface area contributed by atoms with Crippen LogP contribution in [0.5, 0.6) is 0 Å². The number of pyridine rings is 1. The molecule has 0 bridgehead atoms. The molecule has 0 unspecified atom stereocenters. The van der Waals surface area contributed by atoms with Crippen LogP contribution in [0.15, 0.2) is 31.0 Å². The van der Waals surface area contributed by atoms with Gasteiger partial charge in [0, 0.05) is 19.3 Å². The maximum Gasteiger partial charge on any atom is 0.274 e. The molecular formula is C15H16ClN5O3. The van der Waals surface area contributed by atoms with Crippen LogP contribution in [0.3, 0.4) is 0 Å². The van der Waals surface area contributed by atoms with Gasteiger partial charge in [-0.25, -0.2) is 14.6 Å². The second-order valence-corrected chi connectivity index (χ2v) is 6.22. The molecule has 2 atom stereocenters. The molecule has 0 N–H and O–H groups in total. The first kappa shape index (κ1) is 15.5. The third kappa shape index (κ3) is 2.88. The normalized spacial score (nSPS) is 24.6. The zero-order valence-electron chi connectivity index (χ0n) is 12.8. The highest BCUT2D eigenvalue weighted by atomic mass is 35.5. The molecule has 2 aliphatic rings. The van der Waals surface area contributed by atoms with E-state index in [9.17, 15) is 4.79 Å². The largest absolute Gasteiger partial charge is 0.371 e. The quantitative estimate of drug-likeness (QED) is 0.798. The van der Waals surface area contributed by atoms with E-state index in [1.54, 1.807) is 34.2 Å². The number of likely N-dealkylation sites (tertiary alicyclic amines) is 1. The molecule has 126 valence electrons. The van der Waals surface area contributed by atoms with Crippen LogP contribution >= 0.6 is 11.6 Å². The number of carbonyl (C=O) groups is 1. The molecule has 2 aromatic heterocycles. The maximum atomic E-state index is 12.6. The standard InChI is InChI=1S/C15H16ClN5O3/c16-11-2-1-3-18-14(11)15(22)20-4-12-13(5-20)24-7-10(6-23-12)21-9-17-8-19-21/h1-3,8-10,12-13H,4-7H2/t12-,13-/m0/s1. The van der Waals surface area contributed by atoms with Crippen molar-refractivity contribution in [3.05, 3.63) is 41.7 Å². The topological polar surface area (TPSA) is 82.4 Å². The van der Waals surface area contributed by atoms with E-state index in [1.165, 1.54) is 6.33 Å². The molecular weight excluding hydrogens is 334 g/mol. The number of halogens is 1. The number of hydrogen-bond acceptors (Lipinski definition) is 6. The Bertz CT molecular complexity index is 710. The first-order valence-electron chi connectivity index (χ1n) is 7.69. The predicted molar refractivity (Wildman–Crippen MR) is 83.7 cm³/mol. The van der Waals surface area contributed by atoms with Crippen LogP contribution in [0.2, 0.25) is 5.02 Å². The van der Waals surface area contributed by atoms with Crippen LogP contribution < -0.4 is 0 Å². The van der Waals surface area contributed by atoms with Gasteiger partial charge in [0.05, 0.1) is 18.2 Å². The summed E-state index contributed by atoms with van der Waals surface area (Å²) in [6, 6.07) is 3.35. The highest BCUT2D eigenvalue weighted by Crippen LogP contribution is 2.25. The Balaban J connectivity index is 1.43. The summed E-state index contributed by atoms with van der Waals surface area (Å²) in [6.45, 7) is 1.86. The summed E-state index contributed by atoms with van der Waals surface area (Å²) >= 11 is 6.06. The molecule has 9 heteroatoms. The van der Waals surface area contributed by atoms with Crippen molar-refractivity contribution in [2.45, 2.75) is 18.2 Å². The molecule has 0 saturated carbocycles. The van der Waals surface area contributed by atoms with Gasteiger partial charge in [0.2, 0.25) is 0 Å². The van der Waals surface area contributed by atoms with Crippen molar-refractivity contribution in [3.63, 3.8) is 0 Å². The second kappa shape index (κ2) is 6.46. The smallest absolute Gasteiger partial charge is 0.274 e. The fourth-order valence-electron chi connectivity index (χ4n) is 3.00. The van der Waals surface area contributed by atoms with E-state index in [2.05, 4.69) is 15.1 Å². The number of ether oxygens (including phenoxy) is 2. The first-order chi connectivity index (χ1) is 11.7. The van der Waals surface area contributed by atoms with Crippen molar-refractivity contribution >= 4 is 17.5 Å². The van der Waals surface area contributed by atoms with Crippen LogP contribution in [0.25, 0.3) is 0 Å². The molecule has 4 heterocycles. The minimum absolute atomic E-state index is 0.00696. The molecule has 24 heavy (non-hydrogen) atoms. The fourth-order valence-corrected chi connectivity index (χ4v) is 3.20. The van der Waals surface area contributed by atoms with E-state index in [1.807, 2.05) is 0 Å². The van der Waals surface area contributed by atoms with Crippen LogP contribution in [-0.2, 0) is 9.47 Å². The van der Waals surface area contributed by atoms with Crippen molar-refractivity contribution in [2.75, 3.05) is 26.3 Å². The number of hydrogen-bond donors (Lipinski definition) is 0. The SMILES string of the molecule is O=C(c1ncccc1Cl)N1C[C@@H]2OCC(n3cncn3)CO[C@H]2C1. The summed E-state index contributed by atoms with van der Waals surface area (Å²) in [5.74, 6) is -0.200. The van der Waals surface area contributed by atoms with Gasteiger partial charge in [0.15, 0.2) is 0 Å². The molecule has 0 aromatic carbocycles. The molecule has 0 radical (unpaired) electrons. The Morgan fingerprint density at radius 1 is 1.25 bits per heavy atom. The van der Waals surface area contributed by atoms with Crippen molar-refractivity contribution in [2.24, 2.45) is 0 Å². The zero-order chi connectivity index (χ0) is 16.5. The lowest BCUT2D eigenvalue weighted by Crippen LogP contribution is -2.32. The van der Waals surface area contributed by atoms with Crippen LogP contribution in [-0.4, -0.2) is 69.1 Å². The molecule has 2 fully saturated rings. The number of nitrogens with zero attached hydrogens (tertiary/aromatic N) is 5. The minimum Gasteiger partial charge on any atom is -0.371 e. The van der Waals surface area contributed by atoms with Crippen LogP contribution in [0, 0.1) is 0 Å². The highest BCUT2D eigenvalue weighted by molar-refractivity contribution is 6.33. The Morgan fingerprint density at radius 2 is 2.00 bits per heavy atom. The highest BCUT2D eigenvalue weighted by Gasteiger charge is 2.40. The molecule has 0 aliphatic carbocycles. The third-order valence-corrected chi connectivity index (χ3v) is 4.58. The molecule has 8 nitrogen and oxygen atoms in total. The van der Waals surface area contributed by atoms with E-state index in [4.69, 9.17) is 21.1 Å². The van der Waals surface area contributed by atoms with E-state index in [0.717, 1.165) is 0 Å². The van der Waals surface area contributed by atoms with E-state index in [0.29, 0.717) is 31.3 Å². The molecule has 0 spiro atoms. The van der Waals surface area contributed by atoms with Gasteiger partial charge in [0.1, 0.15) is 36.6 Å². The summed E-state index contributed by atoms with van der Waals surface area (Å²) in [5, 5.41) is 4.48. The third-order valence-electron chi connectivity index (χ3n) is 4.28. The summed E-state index contributed by atoms with van der Waals surface area (Å²) < 4.78 is 13.6. The molecule has 2 aliphatic heterocycles. The van der Waals surface area contributed by atoms with Gasteiger partial charge in [-0.2, -0.15) is 5.10 Å². The van der Waals surface area contributed by atoms with Gasteiger partial charge < -0.3 is 14.4 Å². The lowest BCUT2D eigenvalue weighted by Gasteiger charge is -2.18. The van der Waals surface area contributed by atoms with E-state index in [-0.39, 0.29) is 29.9 Å². The van der Waals surface area contributed by atoms with Crippen molar-refractivity contribution in [1.29, 1.82) is 0 Å². The second-order valence-electron chi connectivity index (χ2n) is 5.82. The lowest BCUT2D eigenvalue weighted by atomic mass is 10.3. The summed E-state index contributed by atoms with van der Waals surface area (Å²) in [5.41, 5.74) is 0.260. The minimum atomic E-state index is -0.200. The van der Waals surface area contributed by atoms with Crippen LogP contribution in [0.4, 0.5) is 0 Å². The maximum absolute atomic E-state index is 12.6. The van der Waals surface area contributed by atoms with Crippen molar-refractivity contribution in [1.82, 2.24) is 24.6 Å². The van der Waals surface area contributed by atoms with Gasteiger partial charge in [-0.05, 0) is 12.1 Å². The zero-order valence-corrected chi connectivity index (χ0v) is 13.5. The molecule has 4 rings (SSSR count). The molecule has 1 amide bonds. The number of fused-ring (bicyclic) bond motifs is 1. The summed E-state index contributed by atoms with van der Waals surface area (Å²) in [4.78, 5) is 22.3. The first-order valence-corrected chi connectivity index (χ1v) is 8.07. The number of aromatic nitrogens is 4. The van der Waals surface area contributed by atoms with Gasteiger partial charge in [-0.1, -0.05) is 11.6 Å². The average Bonchev–Trinajstić information content (AvgIpc) is 3.22. The average molecular weight is 350 g/mol. The Morgan fingerprint density at radius 3 is 2.62 bits per heavy atom. The van der Waals surface area contributed by atoms with E-state index < -0.39 is 0 Å². The summed E-state index contributed by atoms with van der Waals surface area (Å²) in [7, 11) is 0. The number of carbonyl (C=O) groups excluding carboxylic acids is 1. The van der Waals surface area contributed by atoms with Gasteiger partial charge in [-0.15, -0.1) is 0 Å². The molecule has 2 aromatic rings. The fraction of sp³-hybridized carbons (Fsp3) is 0.467. The summed E-state index contributed by atoms with van der Waals surface area (Å²) in [6.07, 6.45) is 4.37. The van der Waals surface area contributed by atoms with E-state index >= 15 is 0 Å². The Kier molecular flexibility index (Phi) is 4.17. The monoisotopic (exact) mass is 349 g/mol. The van der Waals surface area contributed by atoms with Crippen molar-refractivity contribution in [3.8, 4) is 0 Å². The van der Waals surface area contributed by atoms with Gasteiger partial charge in [0.25, 0.3) is 5.91 Å². The number of amides is 1. The molecule has 2 saturated heterocycles. The van der Waals surface area contributed by atoms with Crippen LogP contribution in [0.1, 0.15) is 16.5 Å². The number of rotatable bonds is 2. The Hall–Kier alpha value is -2.03. The van der Waals surface area contributed by atoms with Gasteiger partial charge in [-0.3, -0.25) is 4.79 Å². The predicted octanol–water partition coefficient (Wildman–Crippen LogP) is 0.808. The van der Waals surface area contributed by atoms with Gasteiger partial charge >= 0.3 is 0 Å². The lowest BCUT2D eigenvalue weighted by molar-refractivity contribution is -0.00461. The van der Waals surface area contributed by atoms with Crippen molar-refractivity contribution < 1.29 is 14.3 Å². The Labute approximate surface area is 143 Å².